The fourth-order valence-corrected chi connectivity index (χ4v) is 4.00. The quantitative estimate of drug-likeness (QED) is 0.324. The highest BCUT2D eigenvalue weighted by atomic mass is 32.2. The maximum absolute atomic E-state index is 13.5. The summed E-state index contributed by atoms with van der Waals surface area (Å²) in [6.07, 6.45) is 5.50. The van der Waals surface area contributed by atoms with Crippen molar-refractivity contribution in [2.75, 3.05) is 12.9 Å². The molecule has 1 aromatic heterocycles. The summed E-state index contributed by atoms with van der Waals surface area (Å²) in [5.41, 5.74) is -0.266. The van der Waals surface area contributed by atoms with Crippen LogP contribution in [-0.4, -0.2) is 33.4 Å². The molecule has 2 aromatic rings. The molecule has 5 nitrogen and oxygen atoms in total. The van der Waals surface area contributed by atoms with E-state index < -0.39 is 22.2 Å². The number of fused-ring (bicyclic) bond motifs is 1. The van der Waals surface area contributed by atoms with Crippen molar-refractivity contribution in [2.45, 2.75) is 43.0 Å². The molecular weight excluding hydrogens is 350 g/mol. The molecule has 0 spiro atoms. The van der Waals surface area contributed by atoms with Crippen LogP contribution in [0.15, 0.2) is 47.5 Å². The van der Waals surface area contributed by atoms with Gasteiger partial charge in [-0.05, 0) is 37.1 Å². The molecule has 0 radical (unpaired) electrons. The van der Waals surface area contributed by atoms with Gasteiger partial charge in [0, 0.05) is 45.9 Å². The van der Waals surface area contributed by atoms with Crippen LogP contribution in [0, 0.1) is 0 Å². The van der Waals surface area contributed by atoms with Crippen molar-refractivity contribution < 1.29 is 18.5 Å². The Kier molecular flexibility index (Phi) is 5.41. The van der Waals surface area contributed by atoms with Gasteiger partial charge in [0.1, 0.15) is 0 Å². The van der Waals surface area contributed by atoms with E-state index in [2.05, 4.69) is 0 Å². The highest BCUT2D eigenvalue weighted by Gasteiger charge is 2.53. The van der Waals surface area contributed by atoms with Gasteiger partial charge in [-0.25, -0.2) is 0 Å². The number of nitrogens with zero attached hydrogens (tertiary/aromatic N) is 1. The number of carbonyl (C=O) groups is 2. The summed E-state index contributed by atoms with van der Waals surface area (Å²) < 4.78 is 19.2. The molecule has 0 saturated heterocycles. The van der Waals surface area contributed by atoms with E-state index in [4.69, 9.17) is 4.74 Å². The molecule has 1 aliphatic heterocycles. The van der Waals surface area contributed by atoms with Crippen LogP contribution in [-0.2, 0) is 32.3 Å². The predicted octanol–water partition coefficient (Wildman–Crippen LogP) is 3.09. The highest BCUT2D eigenvalue weighted by molar-refractivity contribution is 7.84. The average Bonchev–Trinajstić information content (AvgIpc) is 3.24. The number of hydrogen-bond donors (Lipinski definition) is 0. The van der Waals surface area contributed by atoms with Crippen LogP contribution in [0.25, 0.3) is 0 Å². The maximum atomic E-state index is 13.5. The monoisotopic (exact) mass is 373 g/mol. The third-order valence-electron chi connectivity index (χ3n) is 4.89. The van der Waals surface area contributed by atoms with Gasteiger partial charge >= 0.3 is 5.97 Å². The second kappa shape index (κ2) is 7.58. The summed E-state index contributed by atoms with van der Waals surface area (Å²) in [6, 6.07) is 10.4. The molecule has 2 heterocycles. The van der Waals surface area contributed by atoms with E-state index in [0.29, 0.717) is 35.7 Å². The molecule has 1 aliphatic rings. The second-order valence-corrected chi connectivity index (χ2v) is 7.92. The van der Waals surface area contributed by atoms with Gasteiger partial charge < -0.3 is 9.30 Å². The fourth-order valence-electron chi connectivity index (χ4n) is 3.44. The van der Waals surface area contributed by atoms with Gasteiger partial charge in [-0.15, -0.1) is 0 Å². The summed E-state index contributed by atoms with van der Waals surface area (Å²) in [5, 5.41) is 0. The van der Waals surface area contributed by atoms with Gasteiger partial charge in [0.25, 0.3) is 0 Å². The number of rotatable bonds is 7. The summed E-state index contributed by atoms with van der Waals surface area (Å²) in [6.45, 7) is 2.92. The minimum atomic E-state index is -1.33. The lowest BCUT2D eigenvalue weighted by Gasteiger charge is -2.25. The van der Waals surface area contributed by atoms with E-state index in [-0.39, 0.29) is 5.78 Å². The summed E-state index contributed by atoms with van der Waals surface area (Å²) in [7, 11) is -1.20. The molecule has 26 heavy (non-hydrogen) atoms. The Morgan fingerprint density at radius 2 is 2.08 bits per heavy atom. The number of Topliss-reactive ketones (excluding diaryl/α,β-unsaturated/α-hetero) is 1. The lowest BCUT2D eigenvalue weighted by molar-refractivity contribution is -0.148. The molecule has 0 aliphatic carbocycles. The van der Waals surface area contributed by atoms with Crippen molar-refractivity contribution in [3.8, 4) is 0 Å². The third-order valence-corrected chi connectivity index (χ3v) is 5.81. The van der Waals surface area contributed by atoms with Crippen LogP contribution in [0.3, 0.4) is 0 Å². The van der Waals surface area contributed by atoms with Crippen molar-refractivity contribution in [3.63, 3.8) is 0 Å². The van der Waals surface area contributed by atoms with Crippen LogP contribution in [0.5, 0.6) is 0 Å². The Bertz CT molecular complexity index is 857. The van der Waals surface area contributed by atoms with Crippen LogP contribution in [0.4, 0.5) is 0 Å². The van der Waals surface area contributed by atoms with Crippen molar-refractivity contribution >= 4 is 22.6 Å². The van der Waals surface area contributed by atoms with E-state index in [1.807, 2.05) is 29.8 Å². The van der Waals surface area contributed by atoms with Gasteiger partial charge in [0.05, 0.1) is 6.61 Å². The number of aromatic nitrogens is 1. The molecule has 0 saturated carbocycles. The Hall–Kier alpha value is -2.21. The molecule has 3 rings (SSSR count). The molecule has 2 atom stereocenters. The molecule has 0 N–H and O–H groups in total. The highest BCUT2D eigenvalue weighted by Crippen LogP contribution is 2.39. The van der Waals surface area contributed by atoms with Crippen LogP contribution >= 0.6 is 0 Å². The Balaban J connectivity index is 2.02. The summed E-state index contributed by atoms with van der Waals surface area (Å²) in [4.78, 5) is 27.1. The van der Waals surface area contributed by atoms with Gasteiger partial charge in [-0.1, -0.05) is 25.5 Å². The van der Waals surface area contributed by atoms with Crippen molar-refractivity contribution in [2.24, 2.45) is 0 Å². The van der Waals surface area contributed by atoms with Gasteiger partial charge in [0.2, 0.25) is 0 Å². The first-order valence-electron chi connectivity index (χ1n) is 8.82. The van der Waals surface area contributed by atoms with E-state index in [9.17, 15) is 13.8 Å². The van der Waals surface area contributed by atoms with Gasteiger partial charge in [-0.2, -0.15) is 0 Å². The van der Waals surface area contributed by atoms with Crippen molar-refractivity contribution in [1.82, 2.24) is 4.57 Å². The molecule has 0 amide bonds. The normalized spacial score (nSPS) is 19.8. The first kappa shape index (κ1) is 18.6. The number of carbonyl (C=O) groups excluding carboxylic acids is 2. The number of ether oxygens (including phenoxy) is 1. The molecule has 1 aromatic carbocycles. The molecule has 138 valence electrons. The van der Waals surface area contributed by atoms with E-state index in [0.717, 1.165) is 12.8 Å². The van der Waals surface area contributed by atoms with Crippen LogP contribution < -0.4 is 0 Å². The molecular formula is C20H23NO4S. The second-order valence-electron chi connectivity index (χ2n) is 6.54. The zero-order chi connectivity index (χ0) is 18.7. The minimum absolute atomic E-state index is 0.288. The first-order valence-corrected chi connectivity index (χ1v) is 10.4. The van der Waals surface area contributed by atoms with Gasteiger partial charge in [0.15, 0.2) is 11.2 Å². The number of unbranched alkanes of at least 4 members (excludes halogenated alkanes) is 1. The number of hydrogen-bond acceptors (Lipinski definition) is 4. The SMILES string of the molecule is CCCCOC(=O)C1(C(=O)c2cccc(S(C)=O)c2)CCn2cccc21. The third kappa shape index (κ3) is 3.14. The zero-order valence-electron chi connectivity index (χ0n) is 15.1. The predicted molar refractivity (Wildman–Crippen MR) is 99.7 cm³/mol. The topological polar surface area (TPSA) is 65.4 Å². The van der Waals surface area contributed by atoms with E-state index in [1.54, 1.807) is 30.5 Å². The Morgan fingerprint density at radius 1 is 1.27 bits per heavy atom. The minimum Gasteiger partial charge on any atom is -0.465 e. The molecule has 2 unspecified atom stereocenters. The fraction of sp³-hybridized carbons (Fsp3) is 0.400. The zero-order valence-corrected chi connectivity index (χ0v) is 15.9. The Morgan fingerprint density at radius 3 is 2.81 bits per heavy atom. The first-order chi connectivity index (χ1) is 12.5. The smallest absolute Gasteiger partial charge is 0.326 e. The van der Waals surface area contributed by atoms with E-state index >= 15 is 0 Å². The summed E-state index contributed by atoms with van der Waals surface area (Å²) in [5.74, 6) is -0.778. The molecule has 0 bridgehead atoms. The summed E-state index contributed by atoms with van der Waals surface area (Å²) >= 11 is 0. The largest absolute Gasteiger partial charge is 0.465 e. The van der Waals surface area contributed by atoms with Crippen molar-refractivity contribution in [1.29, 1.82) is 0 Å². The van der Waals surface area contributed by atoms with Gasteiger partial charge in [-0.3, -0.25) is 13.8 Å². The van der Waals surface area contributed by atoms with Crippen LogP contribution in [0.2, 0.25) is 0 Å². The standard InChI is InChI=1S/C20H23NO4S/c1-3-4-13-25-19(23)20(10-12-21-11-6-9-17(20)21)18(22)15-7-5-8-16(14-15)26(2)24/h5-9,11,14H,3-4,10,12-13H2,1-2H3. The number of ketones is 1. The van der Waals surface area contributed by atoms with E-state index in [1.165, 1.54) is 0 Å². The Labute approximate surface area is 155 Å². The number of benzene rings is 1. The number of esters is 1. The lowest BCUT2D eigenvalue weighted by atomic mass is 9.76. The lowest BCUT2D eigenvalue weighted by Crippen LogP contribution is -2.43. The maximum Gasteiger partial charge on any atom is 0.326 e. The molecule has 6 heteroatoms. The van der Waals surface area contributed by atoms with Crippen molar-refractivity contribution in [3.05, 3.63) is 53.9 Å². The average molecular weight is 373 g/mol. The van der Waals surface area contributed by atoms with Crippen LogP contribution in [0.1, 0.15) is 42.2 Å². The molecule has 0 fully saturated rings. The number of aryl methyl sites for hydroxylation is 1.